The Morgan fingerprint density at radius 2 is 1.82 bits per heavy atom. The maximum Gasteiger partial charge on any atom is 0.251 e. The lowest BCUT2D eigenvalue weighted by Gasteiger charge is -2.16. The molecule has 1 aliphatic rings. The molecule has 1 aromatic heterocycles. The van der Waals surface area contributed by atoms with Gasteiger partial charge in [-0.2, -0.15) is 0 Å². The first-order valence-electron chi connectivity index (χ1n) is 11.2. The molecule has 0 unspecified atom stereocenters. The molecule has 0 radical (unpaired) electrons. The number of benzene rings is 2. The first-order chi connectivity index (χ1) is 16.1. The quantitative estimate of drug-likeness (QED) is 0.472. The summed E-state index contributed by atoms with van der Waals surface area (Å²) in [7, 11) is 0. The number of carbonyl (C=O) groups is 2. The molecule has 2 N–H and O–H groups in total. The molecule has 0 spiro atoms. The van der Waals surface area contributed by atoms with Crippen LogP contribution in [0.3, 0.4) is 0 Å². The number of rotatable bonds is 9. The van der Waals surface area contributed by atoms with Crippen molar-refractivity contribution < 1.29 is 9.59 Å². The van der Waals surface area contributed by atoms with Gasteiger partial charge in [-0.25, -0.2) is 0 Å². The Kier molecular flexibility index (Phi) is 7.74. The van der Waals surface area contributed by atoms with E-state index in [0.29, 0.717) is 23.0 Å². The van der Waals surface area contributed by atoms with Crippen LogP contribution in [0.25, 0.3) is 5.69 Å². The van der Waals surface area contributed by atoms with Crippen LogP contribution < -0.4 is 10.6 Å². The Morgan fingerprint density at radius 3 is 2.58 bits per heavy atom. The normalized spacial score (nSPS) is 13.7. The molecule has 0 saturated carbocycles. The highest BCUT2D eigenvalue weighted by Gasteiger charge is 2.20. The van der Waals surface area contributed by atoms with Crippen LogP contribution in [0.4, 0.5) is 5.69 Å². The second-order valence-electron chi connectivity index (χ2n) is 7.83. The molecule has 2 amide bonds. The van der Waals surface area contributed by atoms with Crippen molar-refractivity contribution in [2.24, 2.45) is 0 Å². The second kappa shape index (κ2) is 11.1. The molecule has 33 heavy (non-hydrogen) atoms. The molecule has 3 aromatic rings. The maximum absolute atomic E-state index is 12.6. The van der Waals surface area contributed by atoms with Gasteiger partial charge in [-0.05, 0) is 63.2 Å². The Bertz CT molecular complexity index is 1100. The standard InChI is InChI=1S/C24H28N6O2S/c1-2-25-23(32)18-9-8-10-19(15-18)26-22(31)17-33-24-28-27-21(16-29-13-6-7-14-29)30(24)20-11-4-3-5-12-20/h3-5,8-12,15H,2,6-7,13-14,16-17H2,1H3,(H,25,32)(H,26,31). The van der Waals surface area contributed by atoms with E-state index in [1.807, 2.05) is 41.8 Å². The molecule has 9 heteroatoms. The number of nitrogens with one attached hydrogen (secondary N) is 2. The molecule has 1 fully saturated rings. The van der Waals surface area contributed by atoms with Crippen molar-refractivity contribution in [1.82, 2.24) is 25.0 Å². The van der Waals surface area contributed by atoms with Gasteiger partial charge in [0, 0.05) is 23.5 Å². The summed E-state index contributed by atoms with van der Waals surface area (Å²) in [5.41, 5.74) is 2.08. The summed E-state index contributed by atoms with van der Waals surface area (Å²) < 4.78 is 2.03. The van der Waals surface area contributed by atoms with Crippen molar-refractivity contribution in [3.63, 3.8) is 0 Å². The smallest absolute Gasteiger partial charge is 0.251 e. The number of thioether (sulfide) groups is 1. The monoisotopic (exact) mass is 464 g/mol. The fraction of sp³-hybridized carbons (Fsp3) is 0.333. The Labute approximate surface area is 197 Å². The van der Waals surface area contributed by atoms with Crippen LogP contribution in [0.15, 0.2) is 59.8 Å². The van der Waals surface area contributed by atoms with E-state index < -0.39 is 0 Å². The molecule has 2 heterocycles. The fourth-order valence-electron chi connectivity index (χ4n) is 3.80. The van der Waals surface area contributed by atoms with Crippen molar-refractivity contribution in [3.05, 3.63) is 66.0 Å². The predicted octanol–water partition coefficient (Wildman–Crippen LogP) is 3.34. The molecule has 1 saturated heterocycles. The highest BCUT2D eigenvalue weighted by Crippen LogP contribution is 2.24. The summed E-state index contributed by atoms with van der Waals surface area (Å²) >= 11 is 1.35. The van der Waals surface area contributed by atoms with Crippen LogP contribution in [-0.4, -0.2) is 56.9 Å². The van der Waals surface area contributed by atoms with Gasteiger partial charge in [-0.3, -0.25) is 19.1 Å². The zero-order valence-electron chi connectivity index (χ0n) is 18.7. The highest BCUT2D eigenvalue weighted by molar-refractivity contribution is 7.99. The third-order valence-corrected chi connectivity index (χ3v) is 6.29. The van der Waals surface area contributed by atoms with E-state index in [-0.39, 0.29) is 17.6 Å². The van der Waals surface area contributed by atoms with E-state index in [9.17, 15) is 9.59 Å². The van der Waals surface area contributed by atoms with Crippen molar-refractivity contribution in [3.8, 4) is 5.69 Å². The molecule has 4 rings (SSSR count). The van der Waals surface area contributed by atoms with E-state index in [0.717, 1.165) is 31.1 Å². The average molecular weight is 465 g/mol. The molecular weight excluding hydrogens is 436 g/mol. The zero-order chi connectivity index (χ0) is 23.0. The number of anilines is 1. The number of carbonyl (C=O) groups excluding carboxylic acids is 2. The SMILES string of the molecule is CCNC(=O)c1cccc(NC(=O)CSc2nnc(CN3CCCC3)n2-c2ccccc2)c1. The summed E-state index contributed by atoms with van der Waals surface area (Å²) in [6.07, 6.45) is 2.42. The third kappa shape index (κ3) is 6.00. The van der Waals surface area contributed by atoms with E-state index in [4.69, 9.17) is 0 Å². The lowest BCUT2D eigenvalue weighted by molar-refractivity contribution is -0.113. The van der Waals surface area contributed by atoms with Gasteiger partial charge in [-0.1, -0.05) is 36.0 Å². The summed E-state index contributed by atoms with van der Waals surface area (Å²) in [5.74, 6) is 0.724. The van der Waals surface area contributed by atoms with Crippen LogP contribution in [0, 0.1) is 0 Å². The number of nitrogens with zero attached hydrogens (tertiary/aromatic N) is 4. The molecule has 172 valence electrons. The van der Waals surface area contributed by atoms with E-state index in [1.165, 1.54) is 24.6 Å². The van der Waals surface area contributed by atoms with Crippen molar-refractivity contribution in [1.29, 1.82) is 0 Å². The van der Waals surface area contributed by atoms with E-state index in [2.05, 4.69) is 25.7 Å². The summed E-state index contributed by atoms with van der Waals surface area (Å²) in [6, 6.07) is 16.9. The molecule has 1 aliphatic heterocycles. The Morgan fingerprint density at radius 1 is 1.03 bits per heavy atom. The largest absolute Gasteiger partial charge is 0.352 e. The topological polar surface area (TPSA) is 92.2 Å². The van der Waals surface area contributed by atoms with Gasteiger partial charge in [-0.15, -0.1) is 10.2 Å². The summed E-state index contributed by atoms with van der Waals surface area (Å²) in [5, 5.41) is 15.1. The summed E-state index contributed by atoms with van der Waals surface area (Å²) in [4.78, 5) is 27.1. The zero-order valence-corrected chi connectivity index (χ0v) is 19.5. The minimum atomic E-state index is -0.170. The van der Waals surface area contributed by atoms with Crippen LogP contribution in [-0.2, 0) is 11.3 Å². The minimum Gasteiger partial charge on any atom is -0.352 e. The Hall–Kier alpha value is -3.17. The van der Waals surface area contributed by atoms with Gasteiger partial charge in [0.15, 0.2) is 11.0 Å². The van der Waals surface area contributed by atoms with Crippen molar-refractivity contribution in [2.45, 2.75) is 31.5 Å². The predicted molar refractivity (Wildman–Crippen MR) is 130 cm³/mol. The van der Waals surface area contributed by atoms with Crippen molar-refractivity contribution in [2.75, 3.05) is 30.7 Å². The van der Waals surface area contributed by atoms with Gasteiger partial charge >= 0.3 is 0 Å². The molecule has 0 bridgehead atoms. The third-order valence-electron chi connectivity index (χ3n) is 5.36. The number of hydrogen-bond acceptors (Lipinski definition) is 6. The molecular formula is C24H28N6O2S. The maximum atomic E-state index is 12.6. The number of amides is 2. The lowest BCUT2D eigenvalue weighted by Crippen LogP contribution is -2.23. The molecule has 8 nitrogen and oxygen atoms in total. The van der Waals surface area contributed by atoms with Gasteiger partial charge < -0.3 is 10.6 Å². The van der Waals surface area contributed by atoms with E-state index >= 15 is 0 Å². The van der Waals surface area contributed by atoms with Gasteiger partial charge in [0.25, 0.3) is 5.91 Å². The highest BCUT2D eigenvalue weighted by atomic mass is 32.2. The first kappa shape index (κ1) is 23.0. The van der Waals surface area contributed by atoms with Crippen LogP contribution in [0.2, 0.25) is 0 Å². The number of aromatic nitrogens is 3. The van der Waals surface area contributed by atoms with E-state index in [1.54, 1.807) is 24.3 Å². The van der Waals surface area contributed by atoms with Gasteiger partial charge in [0.05, 0.1) is 12.3 Å². The second-order valence-corrected chi connectivity index (χ2v) is 8.77. The Balaban J connectivity index is 1.44. The first-order valence-corrected chi connectivity index (χ1v) is 12.2. The van der Waals surface area contributed by atoms with Gasteiger partial charge in [0.2, 0.25) is 5.91 Å². The number of para-hydroxylation sites is 1. The lowest BCUT2D eigenvalue weighted by atomic mass is 10.2. The average Bonchev–Trinajstić information content (AvgIpc) is 3.49. The van der Waals surface area contributed by atoms with Crippen LogP contribution >= 0.6 is 11.8 Å². The fourth-order valence-corrected chi connectivity index (χ4v) is 4.57. The molecule has 0 atom stereocenters. The molecule has 0 aliphatic carbocycles. The summed E-state index contributed by atoms with van der Waals surface area (Å²) in [6.45, 7) is 5.30. The van der Waals surface area contributed by atoms with Crippen LogP contribution in [0.1, 0.15) is 35.9 Å². The van der Waals surface area contributed by atoms with Crippen molar-refractivity contribution >= 4 is 29.3 Å². The van der Waals surface area contributed by atoms with Crippen LogP contribution in [0.5, 0.6) is 0 Å². The van der Waals surface area contributed by atoms with Gasteiger partial charge in [0.1, 0.15) is 0 Å². The molecule has 2 aromatic carbocycles. The number of hydrogen-bond donors (Lipinski definition) is 2. The minimum absolute atomic E-state index is 0.163. The number of likely N-dealkylation sites (tertiary alicyclic amines) is 1.